The molecule has 3 aromatic heterocycles. The zero-order chi connectivity index (χ0) is 22.1. The van der Waals surface area contributed by atoms with Crippen LogP contribution in [0, 0.1) is 13.8 Å². The Kier molecular flexibility index (Phi) is 5.60. The number of aromatic nitrogens is 4. The second kappa shape index (κ2) is 8.35. The van der Waals surface area contributed by atoms with Crippen molar-refractivity contribution in [3.8, 4) is 5.75 Å². The molecule has 0 aliphatic rings. The van der Waals surface area contributed by atoms with Crippen LogP contribution in [0.15, 0.2) is 47.8 Å². The molecule has 1 atom stereocenters. The highest BCUT2D eigenvalue weighted by Crippen LogP contribution is 2.26. The van der Waals surface area contributed by atoms with Crippen molar-refractivity contribution in [2.24, 2.45) is 7.05 Å². The van der Waals surface area contributed by atoms with Crippen LogP contribution in [0.5, 0.6) is 5.75 Å². The molecule has 4 rings (SSSR count). The Morgan fingerprint density at radius 2 is 1.97 bits per heavy atom. The largest absolute Gasteiger partial charge is 0.497 e. The molecule has 0 radical (unpaired) electrons. The van der Waals surface area contributed by atoms with E-state index in [1.54, 1.807) is 13.3 Å². The van der Waals surface area contributed by atoms with Gasteiger partial charge in [0.15, 0.2) is 0 Å². The molecule has 9 heteroatoms. The van der Waals surface area contributed by atoms with Crippen molar-refractivity contribution in [3.05, 3.63) is 75.2 Å². The van der Waals surface area contributed by atoms with E-state index in [0.717, 1.165) is 21.8 Å². The van der Waals surface area contributed by atoms with Crippen molar-refractivity contribution in [1.29, 1.82) is 0 Å². The molecule has 0 aliphatic carbocycles. The van der Waals surface area contributed by atoms with Gasteiger partial charge >= 0.3 is 0 Å². The molecule has 1 amide bonds. The van der Waals surface area contributed by atoms with E-state index in [9.17, 15) is 9.59 Å². The molecule has 0 spiro atoms. The molecule has 0 saturated heterocycles. The number of carbonyl (C=O) groups excluding carboxylic acids is 1. The summed E-state index contributed by atoms with van der Waals surface area (Å²) in [6.45, 7) is 3.74. The monoisotopic (exact) mass is 437 g/mol. The average molecular weight is 438 g/mol. The van der Waals surface area contributed by atoms with Gasteiger partial charge in [0.05, 0.1) is 18.8 Å². The maximum absolute atomic E-state index is 12.9. The van der Waals surface area contributed by atoms with Gasteiger partial charge in [-0.3, -0.25) is 14.2 Å². The molecular formula is C22H23N5O3S. The third kappa shape index (κ3) is 3.96. The second-order valence-electron chi connectivity index (χ2n) is 7.31. The minimum atomic E-state index is -0.476. The van der Waals surface area contributed by atoms with E-state index >= 15 is 0 Å². The number of rotatable bonds is 6. The van der Waals surface area contributed by atoms with Gasteiger partial charge in [-0.2, -0.15) is 0 Å². The summed E-state index contributed by atoms with van der Waals surface area (Å²) in [4.78, 5) is 36.4. The molecule has 0 unspecified atom stereocenters. The van der Waals surface area contributed by atoms with Crippen molar-refractivity contribution in [2.75, 3.05) is 7.11 Å². The summed E-state index contributed by atoms with van der Waals surface area (Å²) in [5.74, 6) is 1.10. The fourth-order valence-electron chi connectivity index (χ4n) is 3.49. The number of methoxy groups -OCH3 is 1. The first-order valence-corrected chi connectivity index (χ1v) is 10.6. The van der Waals surface area contributed by atoms with Crippen LogP contribution in [-0.4, -0.2) is 32.1 Å². The third-order valence-corrected chi connectivity index (χ3v) is 6.46. The number of hydrogen-bond acceptors (Lipinski definition) is 6. The Bertz CT molecular complexity index is 1300. The molecule has 8 nitrogen and oxygen atoms in total. The van der Waals surface area contributed by atoms with Crippen LogP contribution in [0.2, 0.25) is 0 Å². The quantitative estimate of drug-likeness (QED) is 0.501. The normalized spacial score (nSPS) is 12.1. The van der Waals surface area contributed by atoms with E-state index in [-0.39, 0.29) is 18.0 Å². The lowest BCUT2D eigenvalue weighted by Gasteiger charge is -2.20. The molecule has 0 bridgehead atoms. The first-order valence-electron chi connectivity index (χ1n) is 9.74. The number of hydrogen-bond donors (Lipinski definition) is 1. The number of carbonyl (C=O) groups is 1. The minimum Gasteiger partial charge on any atom is -0.497 e. The summed E-state index contributed by atoms with van der Waals surface area (Å²) < 4.78 is 8.43. The predicted octanol–water partition coefficient (Wildman–Crippen LogP) is 2.72. The number of amides is 1. The third-order valence-electron chi connectivity index (χ3n) is 5.34. The van der Waals surface area contributed by atoms with E-state index in [4.69, 9.17) is 4.74 Å². The molecule has 31 heavy (non-hydrogen) atoms. The highest BCUT2D eigenvalue weighted by atomic mass is 32.1. The van der Waals surface area contributed by atoms with Crippen LogP contribution in [0.25, 0.3) is 10.2 Å². The lowest BCUT2D eigenvalue weighted by molar-refractivity contribution is -0.122. The zero-order valence-corrected chi connectivity index (χ0v) is 18.6. The number of nitrogens with zero attached hydrogens (tertiary/aromatic N) is 4. The number of fused-ring (bicyclic) bond motifs is 1. The van der Waals surface area contributed by atoms with Gasteiger partial charge in [0.1, 0.15) is 29.0 Å². The maximum Gasteiger partial charge on any atom is 0.262 e. The number of ether oxygens (including phenoxy) is 1. The van der Waals surface area contributed by atoms with Crippen LogP contribution >= 0.6 is 11.3 Å². The fraction of sp³-hybridized carbons (Fsp3) is 0.273. The van der Waals surface area contributed by atoms with Gasteiger partial charge in [-0.25, -0.2) is 9.97 Å². The van der Waals surface area contributed by atoms with E-state index in [1.807, 2.05) is 55.9 Å². The molecule has 3 heterocycles. The van der Waals surface area contributed by atoms with Gasteiger partial charge in [0, 0.05) is 24.3 Å². The van der Waals surface area contributed by atoms with E-state index in [2.05, 4.69) is 15.3 Å². The lowest BCUT2D eigenvalue weighted by atomic mass is 10.1. The van der Waals surface area contributed by atoms with Crippen LogP contribution in [0.3, 0.4) is 0 Å². The molecule has 4 aromatic rings. The summed E-state index contributed by atoms with van der Waals surface area (Å²) in [6, 6.07) is 6.96. The molecule has 1 N–H and O–H groups in total. The van der Waals surface area contributed by atoms with Gasteiger partial charge < -0.3 is 14.6 Å². The van der Waals surface area contributed by atoms with Crippen molar-refractivity contribution in [2.45, 2.75) is 26.4 Å². The summed E-state index contributed by atoms with van der Waals surface area (Å²) in [7, 11) is 3.47. The van der Waals surface area contributed by atoms with Gasteiger partial charge in [0.25, 0.3) is 5.56 Å². The van der Waals surface area contributed by atoms with Crippen LogP contribution in [-0.2, 0) is 18.4 Å². The Balaban J connectivity index is 1.63. The van der Waals surface area contributed by atoms with E-state index < -0.39 is 6.04 Å². The SMILES string of the molecule is COc1ccc([C@H](NC(=O)Cn2cnc3sc(C)c(C)c3c2=O)c2nccn2C)cc1. The summed E-state index contributed by atoms with van der Waals surface area (Å²) in [5.41, 5.74) is 1.56. The van der Waals surface area contributed by atoms with Gasteiger partial charge in [-0.05, 0) is 37.1 Å². The van der Waals surface area contributed by atoms with Crippen molar-refractivity contribution in [3.63, 3.8) is 0 Å². The van der Waals surface area contributed by atoms with Crippen molar-refractivity contribution >= 4 is 27.5 Å². The zero-order valence-electron chi connectivity index (χ0n) is 17.7. The lowest BCUT2D eigenvalue weighted by Crippen LogP contribution is -2.36. The summed E-state index contributed by atoms with van der Waals surface area (Å²) >= 11 is 1.49. The predicted molar refractivity (Wildman–Crippen MR) is 120 cm³/mol. The van der Waals surface area contributed by atoms with Crippen LogP contribution in [0.4, 0.5) is 0 Å². The first-order chi connectivity index (χ1) is 14.9. The van der Waals surface area contributed by atoms with Crippen LogP contribution < -0.4 is 15.6 Å². The Hall–Kier alpha value is -3.46. The van der Waals surface area contributed by atoms with Crippen molar-refractivity contribution in [1.82, 2.24) is 24.4 Å². The van der Waals surface area contributed by atoms with Crippen molar-refractivity contribution < 1.29 is 9.53 Å². The van der Waals surface area contributed by atoms with Crippen LogP contribution in [0.1, 0.15) is 27.9 Å². The molecule has 0 aliphatic heterocycles. The fourth-order valence-corrected chi connectivity index (χ4v) is 4.48. The van der Waals surface area contributed by atoms with E-state index in [0.29, 0.717) is 16.0 Å². The molecule has 0 fully saturated rings. The smallest absolute Gasteiger partial charge is 0.262 e. The first kappa shape index (κ1) is 20.8. The number of aryl methyl sites for hydroxylation is 3. The number of imidazole rings is 1. The molecular weight excluding hydrogens is 414 g/mol. The number of nitrogens with one attached hydrogen (secondary N) is 1. The Morgan fingerprint density at radius 3 is 2.61 bits per heavy atom. The number of thiophene rings is 1. The summed E-state index contributed by atoms with van der Waals surface area (Å²) in [5, 5.41) is 3.59. The molecule has 0 saturated carbocycles. The van der Waals surface area contributed by atoms with Gasteiger partial charge in [0.2, 0.25) is 5.91 Å². The minimum absolute atomic E-state index is 0.132. The Morgan fingerprint density at radius 1 is 1.23 bits per heavy atom. The van der Waals surface area contributed by atoms with E-state index in [1.165, 1.54) is 22.2 Å². The average Bonchev–Trinajstić information content (AvgIpc) is 3.31. The highest BCUT2D eigenvalue weighted by molar-refractivity contribution is 7.18. The second-order valence-corrected chi connectivity index (χ2v) is 8.51. The summed E-state index contributed by atoms with van der Waals surface area (Å²) in [6.07, 6.45) is 4.94. The standard InChI is InChI=1S/C22H23N5O3S/c1-13-14(2)31-21-18(13)22(29)27(12-24-21)11-17(28)25-19(20-23-9-10-26(20)3)15-5-7-16(30-4)8-6-15/h5-10,12,19H,11H2,1-4H3,(H,25,28)/t19-/m0/s1. The highest BCUT2D eigenvalue weighted by Gasteiger charge is 2.22. The molecule has 1 aromatic carbocycles. The maximum atomic E-state index is 12.9. The van der Waals surface area contributed by atoms with Gasteiger partial charge in [-0.15, -0.1) is 11.3 Å². The molecule has 160 valence electrons. The van der Waals surface area contributed by atoms with Gasteiger partial charge in [-0.1, -0.05) is 12.1 Å². The Labute approximate surface area is 183 Å². The topological polar surface area (TPSA) is 91.0 Å². The number of benzene rings is 1.